The standard InChI is InChI=1S/C15H21N3O3/c1-3-15(4-2,14(20)21)9-17-13(19)11-7-8-16-12(18-11)10-5-6-10/h7-8,10H,3-6,9H2,1-2H3,(H,17,19)(H,20,21). The number of nitrogens with zero attached hydrogens (tertiary/aromatic N) is 2. The Morgan fingerprint density at radius 3 is 2.57 bits per heavy atom. The lowest BCUT2D eigenvalue weighted by atomic mass is 9.82. The van der Waals surface area contributed by atoms with Gasteiger partial charge in [0.1, 0.15) is 11.5 Å². The van der Waals surface area contributed by atoms with Gasteiger partial charge in [-0.25, -0.2) is 9.97 Å². The summed E-state index contributed by atoms with van der Waals surface area (Å²) in [6.07, 6.45) is 4.66. The number of rotatable bonds is 7. The Kier molecular flexibility index (Phi) is 4.55. The van der Waals surface area contributed by atoms with Crippen molar-refractivity contribution in [1.29, 1.82) is 0 Å². The van der Waals surface area contributed by atoms with E-state index < -0.39 is 11.4 Å². The van der Waals surface area contributed by atoms with E-state index in [1.165, 1.54) is 0 Å². The predicted octanol–water partition coefficient (Wildman–Crippen LogP) is 1.97. The quantitative estimate of drug-likeness (QED) is 0.801. The van der Waals surface area contributed by atoms with Crippen molar-refractivity contribution >= 4 is 11.9 Å². The molecule has 0 spiro atoms. The second-order valence-corrected chi connectivity index (χ2v) is 5.55. The first-order chi connectivity index (χ1) is 10.0. The maximum atomic E-state index is 12.1. The van der Waals surface area contributed by atoms with Crippen LogP contribution in [0.1, 0.15) is 61.8 Å². The third kappa shape index (κ3) is 3.37. The number of nitrogens with one attached hydrogen (secondary N) is 1. The lowest BCUT2D eigenvalue weighted by molar-refractivity contribution is -0.149. The highest BCUT2D eigenvalue weighted by molar-refractivity contribution is 5.92. The topological polar surface area (TPSA) is 92.2 Å². The number of aromatic nitrogens is 2. The number of carboxylic acid groups (broad SMARTS) is 1. The maximum Gasteiger partial charge on any atom is 0.311 e. The molecule has 0 aromatic carbocycles. The summed E-state index contributed by atoms with van der Waals surface area (Å²) in [6, 6.07) is 1.56. The van der Waals surface area contributed by atoms with Gasteiger partial charge in [-0.15, -0.1) is 0 Å². The number of amides is 1. The van der Waals surface area contributed by atoms with Crippen molar-refractivity contribution < 1.29 is 14.7 Å². The molecule has 0 aliphatic heterocycles. The van der Waals surface area contributed by atoms with Crippen LogP contribution in [0.25, 0.3) is 0 Å². The Morgan fingerprint density at radius 2 is 2.05 bits per heavy atom. The molecule has 2 N–H and O–H groups in total. The number of carboxylic acids is 1. The summed E-state index contributed by atoms with van der Waals surface area (Å²) in [4.78, 5) is 32.0. The van der Waals surface area contributed by atoms with E-state index >= 15 is 0 Å². The molecule has 6 heteroatoms. The van der Waals surface area contributed by atoms with Crippen LogP contribution in [0, 0.1) is 5.41 Å². The minimum absolute atomic E-state index is 0.108. The molecule has 21 heavy (non-hydrogen) atoms. The van der Waals surface area contributed by atoms with Gasteiger partial charge in [0.15, 0.2) is 0 Å². The van der Waals surface area contributed by atoms with Gasteiger partial charge in [-0.05, 0) is 31.7 Å². The van der Waals surface area contributed by atoms with E-state index in [-0.39, 0.29) is 12.5 Å². The average Bonchev–Trinajstić information content (AvgIpc) is 3.33. The zero-order valence-corrected chi connectivity index (χ0v) is 12.4. The van der Waals surface area contributed by atoms with Gasteiger partial charge in [0, 0.05) is 18.7 Å². The van der Waals surface area contributed by atoms with Crippen molar-refractivity contribution in [1.82, 2.24) is 15.3 Å². The van der Waals surface area contributed by atoms with Crippen LogP contribution in [0.3, 0.4) is 0 Å². The molecule has 1 saturated carbocycles. The first kappa shape index (κ1) is 15.4. The number of hydrogen-bond acceptors (Lipinski definition) is 4. The van der Waals surface area contributed by atoms with Gasteiger partial charge in [-0.3, -0.25) is 9.59 Å². The van der Waals surface area contributed by atoms with Crippen molar-refractivity contribution in [3.63, 3.8) is 0 Å². The van der Waals surface area contributed by atoms with Gasteiger partial charge in [-0.2, -0.15) is 0 Å². The van der Waals surface area contributed by atoms with Crippen LogP contribution >= 0.6 is 0 Å². The fourth-order valence-corrected chi connectivity index (χ4v) is 2.26. The van der Waals surface area contributed by atoms with E-state index in [1.807, 2.05) is 13.8 Å². The lowest BCUT2D eigenvalue weighted by Crippen LogP contribution is -2.42. The Hall–Kier alpha value is -1.98. The Morgan fingerprint density at radius 1 is 1.38 bits per heavy atom. The van der Waals surface area contributed by atoms with E-state index in [1.54, 1.807) is 12.3 Å². The number of hydrogen-bond donors (Lipinski definition) is 2. The zero-order valence-electron chi connectivity index (χ0n) is 12.4. The highest BCUT2D eigenvalue weighted by Crippen LogP contribution is 2.37. The summed E-state index contributed by atoms with van der Waals surface area (Å²) in [5.74, 6) is -0.138. The molecule has 1 aromatic heterocycles. The highest BCUT2D eigenvalue weighted by Gasteiger charge is 2.35. The third-order valence-corrected chi connectivity index (χ3v) is 4.24. The summed E-state index contributed by atoms with van der Waals surface area (Å²) in [6.45, 7) is 3.75. The first-order valence-electron chi connectivity index (χ1n) is 7.37. The normalized spacial score (nSPS) is 14.8. The largest absolute Gasteiger partial charge is 0.481 e. The SMILES string of the molecule is CCC(CC)(CNC(=O)c1ccnc(C2CC2)n1)C(=O)O. The van der Waals surface area contributed by atoms with Crippen LogP contribution in [0.15, 0.2) is 12.3 Å². The zero-order chi connectivity index (χ0) is 15.5. The van der Waals surface area contributed by atoms with Gasteiger partial charge in [-0.1, -0.05) is 13.8 Å². The Bertz CT molecular complexity index is 537. The minimum atomic E-state index is -0.915. The molecule has 1 fully saturated rings. The van der Waals surface area contributed by atoms with Crippen molar-refractivity contribution in [3.8, 4) is 0 Å². The predicted molar refractivity (Wildman–Crippen MR) is 77.0 cm³/mol. The minimum Gasteiger partial charge on any atom is -0.481 e. The van der Waals surface area contributed by atoms with E-state index in [0.29, 0.717) is 30.3 Å². The van der Waals surface area contributed by atoms with Crippen LogP contribution in [0.5, 0.6) is 0 Å². The molecule has 6 nitrogen and oxygen atoms in total. The number of carbonyl (C=O) groups is 2. The fraction of sp³-hybridized carbons (Fsp3) is 0.600. The molecule has 0 atom stereocenters. The molecule has 1 aliphatic carbocycles. The summed E-state index contributed by atoms with van der Waals surface area (Å²) >= 11 is 0. The second-order valence-electron chi connectivity index (χ2n) is 5.55. The van der Waals surface area contributed by atoms with Crippen molar-refractivity contribution in [3.05, 3.63) is 23.8 Å². The average molecular weight is 291 g/mol. The fourth-order valence-electron chi connectivity index (χ4n) is 2.26. The lowest BCUT2D eigenvalue weighted by Gasteiger charge is -2.26. The van der Waals surface area contributed by atoms with Gasteiger partial charge in [0.2, 0.25) is 0 Å². The molecule has 0 saturated heterocycles. The van der Waals surface area contributed by atoms with Crippen molar-refractivity contribution in [2.24, 2.45) is 5.41 Å². The summed E-state index contributed by atoms with van der Waals surface area (Å²) in [5.41, 5.74) is -0.611. The Labute approximate surface area is 124 Å². The molecule has 1 amide bonds. The molecule has 2 rings (SSSR count). The molecule has 114 valence electrons. The summed E-state index contributed by atoms with van der Waals surface area (Å²) in [5, 5.41) is 12.1. The van der Waals surface area contributed by atoms with Crippen molar-refractivity contribution in [2.45, 2.75) is 45.4 Å². The van der Waals surface area contributed by atoms with Gasteiger partial charge >= 0.3 is 5.97 Å². The van der Waals surface area contributed by atoms with E-state index in [9.17, 15) is 14.7 Å². The molecule has 0 bridgehead atoms. The van der Waals surface area contributed by atoms with Crippen LogP contribution in [-0.2, 0) is 4.79 Å². The third-order valence-electron chi connectivity index (χ3n) is 4.24. The van der Waals surface area contributed by atoms with Crippen LogP contribution in [0.4, 0.5) is 0 Å². The molecular formula is C15H21N3O3. The van der Waals surface area contributed by atoms with Crippen LogP contribution in [0.2, 0.25) is 0 Å². The highest BCUT2D eigenvalue weighted by atomic mass is 16.4. The molecule has 1 heterocycles. The van der Waals surface area contributed by atoms with E-state index in [0.717, 1.165) is 12.8 Å². The maximum absolute atomic E-state index is 12.1. The van der Waals surface area contributed by atoms with Gasteiger partial charge < -0.3 is 10.4 Å². The van der Waals surface area contributed by atoms with Gasteiger partial charge in [0.25, 0.3) is 5.91 Å². The van der Waals surface area contributed by atoms with Gasteiger partial charge in [0.05, 0.1) is 5.41 Å². The Balaban J connectivity index is 2.04. The number of aliphatic carboxylic acids is 1. The molecule has 0 radical (unpaired) electrons. The summed E-state index contributed by atoms with van der Waals surface area (Å²) in [7, 11) is 0. The van der Waals surface area contributed by atoms with E-state index in [2.05, 4.69) is 15.3 Å². The van der Waals surface area contributed by atoms with Crippen molar-refractivity contribution in [2.75, 3.05) is 6.54 Å². The van der Waals surface area contributed by atoms with E-state index in [4.69, 9.17) is 0 Å². The summed E-state index contributed by atoms with van der Waals surface area (Å²) < 4.78 is 0. The molecule has 0 unspecified atom stereocenters. The van der Waals surface area contributed by atoms with Crippen LogP contribution in [-0.4, -0.2) is 33.5 Å². The molecular weight excluding hydrogens is 270 g/mol. The second kappa shape index (κ2) is 6.20. The smallest absolute Gasteiger partial charge is 0.311 e. The number of carbonyl (C=O) groups excluding carboxylic acids is 1. The van der Waals surface area contributed by atoms with Crippen LogP contribution < -0.4 is 5.32 Å². The molecule has 1 aromatic rings. The molecule has 1 aliphatic rings. The first-order valence-corrected chi connectivity index (χ1v) is 7.37. The monoisotopic (exact) mass is 291 g/mol.